The van der Waals surface area contributed by atoms with Gasteiger partial charge in [-0.2, -0.15) is 0 Å². The number of aromatic nitrogens is 2. The highest BCUT2D eigenvalue weighted by atomic mass is 35.5. The van der Waals surface area contributed by atoms with Crippen molar-refractivity contribution in [2.45, 2.75) is 25.7 Å². The average molecular weight is 275 g/mol. The number of aryl methyl sites for hydroxylation is 1. The third-order valence-electron chi connectivity index (χ3n) is 3.37. The number of fused-ring (bicyclic) bond motifs is 1. The van der Waals surface area contributed by atoms with Gasteiger partial charge in [-0.25, -0.2) is 9.97 Å². The molecule has 1 heterocycles. The first-order valence-corrected chi connectivity index (χ1v) is 6.76. The van der Waals surface area contributed by atoms with Gasteiger partial charge in [-0.3, -0.25) is 0 Å². The summed E-state index contributed by atoms with van der Waals surface area (Å²) in [5.74, 6) is 0.845. The van der Waals surface area contributed by atoms with Gasteiger partial charge in [0.2, 0.25) is 0 Å². The standard InChI is InChI=1S/C14H15ClN4/c15-11-6-5-9(16)7-13(11)19-14-10-3-1-2-4-12(10)17-8-18-14/h5-8H,1-4,16H2,(H,17,18,19). The van der Waals surface area contributed by atoms with Gasteiger partial charge in [0.15, 0.2) is 0 Å². The zero-order valence-corrected chi connectivity index (χ0v) is 11.2. The van der Waals surface area contributed by atoms with E-state index >= 15 is 0 Å². The zero-order chi connectivity index (χ0) is 13.2. The van der Waals surface area contributed by atoms with E-state index in [0.29, 0.717) is 10.7 Å². The molecule has 3 N–H and O–H groups in total. The molecule has 0 fully saturated rings. The van der Waals surface area contributed by atoms with Crippen molar-refractivity contribution in [1.29, 1.82) is 0 Å². The topological polar surface area (TPSA) is 63.8 Å². The molecule has 0 aliphatic heterocycles. The number of benzene rings is 1. The summed E-state index contributed by atoms with van der Waals surface area (Å²) in [7, 11) is 0. The van der Waals surface area contributed by atoms with Crippen molar-refractivity contribution < 1.29 is 0 Å². The maximum atomic E-state index is 6.17. The Labute approximate surface area is 117 Å². The second-order valence-corrected chi connectivity index (χ2v) is 5.13. The molecule has 0 spiro atoms. The second-order valence-electron chi connectivity index (χ2n) is 4.72. The van der Waals surface area contributed by atoms with Crippen LogP contribution in [-0.4, -0.2) is 9.97 Å². The van der Waals surface area contributed by atoms with Gasteiger partial charge in [-0.05, 0) is 43.9 Å². The van der Waals surface area contributed by atoms with Crippen molar-refractivity contribution in [3.8, 4) is 0 Å². The summed E-state index contributed by atoms with van der Waals surface area (Å²) in [4.78, 5) is 8.69. The van der Waals surface area contributed by atoms with Crippen molar-refractivity contribution in [2.75, 3.05) is 11.1 Å². The minimum Gasteiger partial charge on any atom is -0.399 e. The Balaban J connectivity index is 1.97. The Hall–Kier alpha value is -1.81. The van der Waals surface area contributed by atoms with Gasteiger partial charge in [-0.15, -0.1) is 0 Å². The summed E-state index contributed by atoms with van der Waals surface area (Å²) in [5, 5.41) is 3.91. The SMILES string of the molecule is Nc1ccc(Cl)c(Nc2ncnc3c2CCCC3)c1. The van der Waals surface area contributed by atoms with E-state index in [1.807, 2.05) is 6.07 Å². The number of nitrogens with zero attached hydrogens (tertiary/aromatic N) is 2. The summed E-state index contributed by atoms with van der Waals surface area (Å²) < 4.78 is 0. The van der Waals surface area contributed by atoms with Gasteiger partial charge < -0.3 is 11.1 Å². The van der Waals surface area contributed by atoms with Gasteiger partial charge >= 0.3 is 0 Å². The predicted octanol–water partition coefficient (Wildman–Crippen LogP) is 3.33. The van der Waals surface area contributed by atoms with Crippen LogP contribution in [-0.2, 0) is 12.8 Å². The first-order valence-electron chi connectivity index (χ1n) is 6.39. The lowest BCUT2D eigenvalue weighted by molar-refractivity contribution is 0.664. The number of nitrogen functional groups attached to an aromatic ring is 1. The lowest BCUT2D eigenvalue weighted by atomic mass is 9.96. The van der Waals surface area contributed by atoms with Gasteiger partial charge in [0.25, 0.3) is 0 Å². The van der Waals surface area contributed by atoms with E-state index < -0.39 is 0 Å². The van der Waals surface area contributed by atoms with E-state index in [9.17, 15) is 0 Å². The summed E-state index contributed by atoms with van der Waals surface area (Å²) >= 11 is 6.17. The van der Waals surface area contributed by atoms with Crippen LogP contribution < -0.4 is 11.1 Å². The smallest absolute Gasteiger partial charge is 0.137 e. The molecule has 0 bridgehead atoms. The Morgan fingerprint density at radius 2 is 2.00 bits per heavy atom. The zero-order valence-electron chi connectivity index (χ0n) is 10.5. The normalized spacial score (nSPS) is 13.9. The minimum absolute atomic E-state index is 0.636. The predicted molar refractivity (Wildman–Crippen MR) is 77.8 cm³/mol. The summed E-state index contributed by atoms with van der Waals surface area (Å²) in [6.07, 6.45) is 6.02. The molecule has 0 saturated carbocycles. The summed E-state index contributed by atoms with van der Waals surface area (Å²) in [5.41, 5.74) is 9.59. The van der Waals surface area contributed by atoms with Crippen LogP contribution in [0.5, 0.6) is 0 Å². The van der Waals surface area contributed by atoms with Gasteiger partial charge in [0.05, 0.1) is 10.7 Å². The van der Waals surface area contributed by atoms with Crippen molar-refractivity contribution in [2.24, 2.45) is 0 Å². The molecule has 0 amide bonds. The van der Waals surface area contributed by atoms with Gasteiger partial charge in [0.1, 0.15) is 12.1 Å². The van der Waals surface area contributed by atoms with Gasteiger partial charge in [-0.1, -0.05) is 11.6 Å². The number of hydrogen-bond acceptors (Lipinski definition) is 4. The quantitative estimate of drug-likeness (QED) is 0.825. The maximum Gasteiger partial charge on any atom is 0.137 e. The molecule has 3 rings (SSSR count). The van der Waals surface area contributed by atoms with Gasteiger partial charge in [0, 0.05) is 16.9 Å². The molecule has 0 saturated heterocycles. The molecule has 0 unspecified atom stereocenters. The third kappa shape index (κ3) is 2.49. The highest BCUT2D eigenvalue weighted by molar-refractivity contribution is 6.33. The number of rotatable bonds is 2. The van der Waals surface area contributed by atoms with Crippen molar-refractivity contribution in [1.82, 2.24) is 9.97 Å². The monoisotopic (exact) mass is 274 g/mol. The summed E-state index contributed by atoms with van der Waals surface area (Å²) in [6.45, 7) is 0. The van der Waals surface area contributed by atoms with Crippen molar-refractivity contribution >= 4 is 28.8 Å². The van der Waals surface area contributed by atoms with E-state index in [1.54, 1.807) is 18.5 Å². The number of anilines is 3. The summed E-state index contributed by atoms with van der Waals surface area (Å²) in [6, 6.07) is 5.38. The first-order chi connectivity index (χ1) is 9.24. The fraction of sp³-hybridized carbons (Fsp3) is 0.286. The van der Waals surface area contributed by atoms with Crippen molar-refractivity contribution in [3.05, 3.63) is 40.8 Å². The highest BCUT2D eigenvalue weighted by Gasteiger charge is 2.16. The lowest BCUT2D eigenvalue weighted by Crippen LogP contribution is -2.10. The number of nitrogens with one attached hydrogen (secondary N) is 1. The molecule has 1 aromatic carbocycles. The second kappa shape index (κ2) is 5.05. The van der Waals surface area contributed by atoms with E-state index in [0.717, 1.165) is 30.0 Å². The highest BCUT2D eigenvalue weighted by Crippen LogP contribution is 2.30. The molecule has 0 radical (unpaired) electrons. The van der Waals surface area contributed by atoms with E-state index in [2.05, 4.69) is 15.3 Å². The molecule has 98 valence electrons. The number of nitrogens with two attached hydrogens (primary N) is 1. The molecule has 1 aliphatic carbocycles. The molecule has 1 aliphatic rings. The van der Waals surface area contributed by atoms with Crippen LogP contribution in [0.25, 0.3) is 0 Å². The van der Waals surface area contributed by atoms with Crippen LogP contribution in [0.1, 0.15) is 24.1 Å². The van der Waals surface area contributed by atoms with E-state index in [-0.39, 0.29) is 0 Å². The molecule has 2 aromatic rings. The molecular weight excluding hydrogens is 260 g/mol. The maximum absolute atomic E-state index is 6.17. The first kappa shape index (κ1) is 12.2. The van der Waals surface area contributed by atoms with E-state index in [4.69, 9.17) is 17.3 Å². The Morgan fingerprint density at radius 1 is 1.16 bits per heavy atom. The molecule has 0 atom stereocenters. The fourth-order valence-corrected chi connectivity index (χ4v) is 2.56. The fourth-order valence-electron chi connectivity index (χ4n) is 2.40. The molecule has 5 heteroatoms. The van der Waals surface area contributed by atoms with Crippen LogP contribution in [0.15, 0.2) is 24.5 Å². The number of hydrogen-bond donors (Lipinski definition) is 2. The molecule has 4 nitrogen and oxygen atoms in total. The Kier molecular flexibility index (Phi) is 3.25. The van der Waals surface area contributed by atoms with Crippen molar-refractivity contribution in [3.63, 3.8) is 0 Å². The number of halogens is 1. The molecular formula is C14H15ClN4. The molecule has 1 aromatic heterocycles. The average Bonchev–Trinajstić information content (AvgIpc) is 2.43. The Morgan fingerprint density at radius 3 is 2.89 bits per heavy atom. The van der Waals surface area contributed by atoms with Crippen LogP contribution in [0.3, 0.4) is 0 Å². The third-order valence-corrected chi connectivity index (χ3v) is 3.70. The minimum atomic E-state index is 0.636. The van der Waals surface area contributed by atoms with Crippen LogP contribution >= 0.6 is 11.6 Å². The largest absolute Gasteiger partial charge is 0.399 e. The van der Waals surface area contributed by atoms with Crippen LogP contribution in [0.4, 0.5) is 17.2 Å². The van der Waals surface area contributed by atoms with Crippen LogP contribution in [0.2, 0.25) is 5.02 Å². The van der Waals surface area contributed by atoms with Crippen LogP contribution in [0, 0.1) is 0 Å². The Bertz CT molecular complexity index is 612. The lowest BCUT2D eigenvalue weighted by Gasteiger charge is -2.18. The molecule has 19 heavy (non-hydrogen) atoms. The van der Waals surface area contributed by atoms with E-state index in [1.165, 1.54) is 18.4 Å².